The lowest BCUT2D eigenvalue weighted by molar-refractivity contribution is -0.148. The number of carbonyl (C=O) groups is 2. The second-order valence-corrected chi connectivity index (χ2v) is 6.93. The maximum atomic E-state index is 12.8. The van der Waals surface area contributed by atoms with Gasteiger partial charge in [-0.15, -0.1) is 0 Å². The summed E-state index contributed by atoms with van der Waals surface area (Å²) in [5.41, 5.74) is -0.0927. The van der Waals surface area contributed by atoms with E-state index in [9.17, 15) is 14.7 Å². The van der Waals surface area contributed by atoms with E-state index in [1.807, 2.05) is 6.08 Å². The van der Waals surface area contributed by atoms with Crippen molar-refractivity contribution in [2.24, 2.45) is 11.8 Å². The van der Waals surface area contributed by atoms with Crippen molar-refractivity contribution in [1.82, 2.24) is 4.90 Å². The number of rotatable bonds is 3. The molecule has 4 rings (SSSR count). The Hall–Kier alpha value is -1.56. The molecule has 2 saturated heterocycles. The average Bonchev–Trinajstić information content (AvgIpc) is 3.13. The van der Waals surface area contributed by atoms with Crippen LogP contribution < -0.4 is 0 Å². The third kappa shape index (κ3) is 2.04. The molecule has 1 N–H and O–H groups in total. The molecule has 4 atom stereocenters. The van der Waals surface area contributed by atoms with Crippen LogP contribution >= 0.6 is 23.2 Å². The molecule has 3 aliphatic heterocycles. The molecule has 1 spiro atoms. The molecule has 3 heterocycles. The zero-order valence-electron chi connectivity index (χ0n) is 11.9. The highest BCUT2D eigenvalue weighted by Crippen LogP contribution is 2.52. The van der Waals surface area contributed by atoms with Crippen LogP contribution in [-0.4, -0.2) is 40.1 Å². The number of amides is 1. The van der Waals surface area contributed by atoms with Crippen molar-refractivity contribution >= 4 is 35.1 Å². The fourth-order valence-electron chi connectivity index (χ4n) is 3.87. The minimum absolute atomic E-state index is 0.208. The smallest absolute Gasteiger partial charge is 0.310 e. The fourth-order valence-corrected chi connectivity index (χ4v) is 4.25. The van der Waals surface area contributed by atoms with Gasteiger partial charge in [0.2, 0.25) is 5.91 Å². The number of nitrogens with zero attached hydrogens (tertiary/aromatic N) is 1. The number of carboxylic acids is 1. The molecule has 1 aromatic carbocycles. The topological polar surface area (TPSA) is 66.8 Å². The Kier molecular flexibility index (Phi) is 3.24. The SMILES string of the molecule is O=C(O)[C@@H]1[C@@H]2C=C[C@@]3(CN(Cc4cccc(Cl)c4Cl)C(=O)[C@@H]13)O2. The number of likely N-dealkylation sites (tertiary alicyclic amines) is 1. The lowest BCUT2D eigenvalue weighted by Crippen LogP contribution is -2.39. The maximum absolute atomic E-state index is 12.8. The molecule has 2 bridgehead atoms. The number of halogens is 2. The highest BCUT2D eigenvalue weighted by Gasteiger charge is 2.67. The molecule has 0 aromatic heterocycles. The first-order valence-corrected chi connectivity index (χ1v) is 8.00. The van der Waals surface area contributed by atoms with E-state index in [1.165, 1.54) is 0 Å². The number of ether oxygens (including phenoxy) is 1. The first kappa shape index (κ1) is 15.0. The molecular weight excluding hydrogens is 341 g/mol. The third-order valence-electron chi connectivity index (χ3n) is 4.86. The van der Waals surface area contributed by atoms with Crippen molar-refractivity contribution < 1.29 is 19.4 Å². The highest BCUT2D eigenvalue weighted by molar-refractivity contribution is 6.42. The molecule has 7 heteroatoms. The van der Waals surface area contributed by atoms with Crippen molar-refractivity contribution in [3.63, 3.8) is 0 Å². The van der Waals surface area contributed by atoms with Gasteiger partial charge in [0, 0.05) is 6.54 Å². The Labute approximate surface area is 142 Å². The van der Waals surface area contributed by atoms with Crippen LogP contribution in [0.4, 0.5) is 0 Å². The first-order chi connectivity index (χ1) is 10.9. The van der Waals surface area contributed by atoms with Crippen LogP contribution in [0, 0.1) is 11.8 Å². The molecule has 120 valence electrons. The summed E-state index contributed by atoms with van der Waals surface area (Å²) in [5, 5.41) is 10.3. The summed E-state index contributed by atoms with van der Waals surface area (Å²) < 4.78 is 5.84. The summed E-state index contributed by atoms with van der Waals surface area (Å²) in [6, 6.07) is 5.25. The Morgan fingerprint density at radius 2 is 2.22 bits per heavy atom. The first-order valence-electron chi connectivity index (χ1n) is 7.24. The van der Waals surface area contributed by atoms with E-state index in [4.69, 9.17) is 27.9 Å². The summed E-state index contributed by atoms with van der Waals surface area (Å²) in [6.07, 6.45) is 3.07. The van der Waals surface area contributed by atoms with Gasteiger partial charge < -0.3 is 14.7 Å². The van der Waals surface area contributed by atoms with Gasteiger partial charge in [-0.3, -0.25) is 9.59 Å². The van der Waals surface area contributed by atoms with Gasteiger partial charge >= 0.3 is 5.97 Å². The average molecular weight is 354 g/mol. The summed E-state index contributed by atoms with van der Waals surface area (Å²) >= 11 is 12.2. The summed E-state index contributed by atoms with van der Waals surface area (Å²) in [6.45, 7) is 0.612. The maximum Gasteiger partial charge on any atom is 0.310 e. The van der Waals surface area contributed by atoms with E-state index >= 15 is 0 Å². The Morgan fingerprint density at radius 3 is 2.96 bits per heavy atom. The Morgan fingerprint density at radius 1 is 1.43 bits per heavy atom. The highest BCUT2D eigenvalue weighted by atomic mass is 35.5. The molecule has 1 aromatic rings. The molecule has 3 aliphatic rings. The van der Waals surface area contributed by atoms with Gasteiger partial charge in [0.15, 0.2) is 0 Å². The van der Waals surface area contributed by atoms with Gasteiger partial charge in [0.25, 0.3) is 0 Å². The molecular formula is C16H13Cl2NO4. The van der Waals surface area contributed by atoms with Crippen LogP contribution in [0.25, 0.3) is 0 Å². The lowest BCUT2D eigenvalue weighted by atomic mass is 9.77. The van der Waals surface area contributed by atoms with Crippen molar-refractivity contribution in [1.29, 1.82) is 0 Å². The van der Waals surface area contributed by atoms with E-state index < -0.39 is 29.5 Å². The molecule has 5 nitrogen and oxygen atoms in total. The molecule has 2 fully saturated rings. The van der Waals surface area contributed by atoms with Gasteiger partial charge in [-0.1, -0.05) is 47.5 Å². The minimum Gasteiger partial charge on any atom is -0.481 e. The van der Waals surface area contributed by atoms with Crippen LogP contribution in [0.3, 0.4) is 0 Å². The largest absolute Gasteiger partial charge is 0.481 e. The van der Waals surface area contributed by atoms with Crippen LogP contribution in [0.1, 0.15) is 5.56 Å². The molecule has 0 saturated carbocycles. The van der Waals surface area contributed by atoms with Gasteiger partial charge in [0.05, 0.1) is 28.6 Å². The number of benzene rings is 1. The standard InChI is InChI=1S/C16H13Cl2NO4/c17-9-3-1-2-8(13(9)18)6-19-7-16-5-4-10(23-16)11(15(21)22)12(16)14(19)20/h1-5,10-12H,6-7H2,(H,21,22)/t10-,11+,12+,16-/m0/s1. The molecule has 0 unspecified atom stereocenters. The lowest BCUT2D eigenvalue weighted by Gasteiger charge is -2.21. The number of hydrogen-bond acceptors (Lipinski definition) is 3. The number of fused-ring (bicyclic) bond motifs is 1. The van der Waals surface area contributed by atoms with E-state index in [0.717, 1.165) is 5.56 Å². The monoisotopic (exact) mass is 353 g/mol. The number of carbonyl (C=O) groups excluding carboxylic acids is 1. The van der Waals surface area contributed by atoms with Crippen LogP contribution in [0.2, 0.25) is 10.0 Å². The van der Waals surface area contributed by atoms with E-state index in [1.54, 1.807) is 29.2 Å². The Bertz CT molecular complexity index is 750. The fraction of sp³-hybridized carbons (Fsp3) is 0.375. The van der Waals surface area contributed by atoms with Crippen molar-refractivity contribution in [3.05, 3.63) is 46.0 Å². The van der Waals surface area contributed by atoms with Crippen LogP contribution in [-0.2, 0) is 20.9 Å². The molecule has 1 amide bonds. The summed E-state index contributed by atoms with van der Waals surface area (Å²) in [5.74, 6) is -2.71. The van der Waals surface area contributed by atoms with E-state index in [2.05, 4.69) is 0 Å². The molecule has 23 heavy (non-hydrogen) atoms. The number of aliphatic carboxylic acids is 1. The molecule has 0 radical (unpaired) electrons. The van der Waals surface area contributed by atoms with Crippen molar-refractivity contribution in [3.8, 4) is 0 Å². The van der Waals surface area contributed by atoms with Gasteiger partial charge in [-0.05, 0) is 11.6 Å². The quantitative estimate of drug-likeness (QED) is 0.847. The van der Waals surface area contributed by atoms with Crippen LogP contribution in [0.15, 0.2) is 30.4 Å². The molecule has 0 aliphatic carbocycles. The van der Waals surface area contributed by atoms with Crippen molar-refractivity contribution in [2.75, 3.05) is 6.54 Å². The zero-order valence-corrected chi connectivity index (χ0v) is 13.4. The van der Waals surface area contributed by atoms with E-state index in [0.29, 0.717) is 16.6 Å². The second-order valence-electron chi connectivity index (χ2n) is 6.15. The Balaban J connectivity index is 1.64. The van der Waals surface area contributed by atoms with E-state index in [-0.39, 0.29) is 12.5 Å². The predicted molar refractivity (Wildman–Crippen MR) is 83.2 cm³/mol. The minimum atomic E-state index is -0.998. The van der Waals surface area contributed by atoms with Gasteiger partial charge in [0.1, 0.15) is 11.5 Å². The van der Waals surface area contributed by atoms with Crippen LogP contribution in [0.5, 0.6) is 0 Å². The normalized spacial score (nSPS) is 34.3. The summed E-state index contributed by atoms with van der Waals surface area (Å²) in [7, 11) is 0. The second kappa shape index (κ2) is 4.97. The van der Waals surface area contributed by atoms with Gasteiger partial charge in [-0.25, -0.2) is 0 Å². The van der Waals surface area contributed by atoms with Gasteiger partial charge in [-0.2, -0.15) is 0 Å². The third-order valence-corrected chi connectivity index (χ3v) is 5.71. The predicted octanol–water partition coefficient (Wildman–Crippen LogP) is 2.36. The van der Waals surface area contributed by atoms with Crippen molar-refractivity contribution in [2.45, 2.75) is 18.2 Å². The summed E-state index contributed by atoms with van der Waals surface area (Å²) in [4.78, 5) is 25.9. The number of hydrogen-bond donors (Lipinski definition) is 1. The zero-order chi connectivity index (χ0) is 16.4. The number of carboxylic acid groups (broad SMARTS) is 1.